The molecule has 0 aromatic heterocycles. The molecule has 4 nitrogen and oxygen atoms in total. The van der Waals surface area contributed by atoms with E-state index in [0.29, 0.717) is 17.9 Å². The zero-order valence-corrected chi connectivity index (χ0v) is 13.4. The lowest BCUT2D eigenvalue weighted by atomic mass is 10.1. The Hall–Kier alpha value is -0.780. The second-order valence-corrected chi connectivity index (χ2v) is 7.81. The highest BCUT2D eigenvalue weighted by molar-refractivity contribution is 8.13. The van der Waals surface area contributed by atoms with Crippen LogP contribution in [0.2, 0.25) is 0 Å². The summed E-state index contributed by atoms with van der Waals surface area (Å²) in [4.78, 5) is 0.134. The van der Waals surface area contributed by atoms with E-state index >= 15 is 0 Å². The molecule has 0 aliphatic carbocycles. The van der Waals surface area contributed by atoms with Crippen molar-refractivity contribution in [3.05, 3.63) is 23.3 Å². The molecule has 0 spiro atoms. The van der Waals surface area contributed by atoms with Crippen LogP contribution in [0, 0.1) is 13.8 Å². The molecule has 2 atom stereocenters. The van der Waals surface area contributed by atoms with E-state index in [4.69, 9.17) is 20.2 Å². The lowest BCUT2D eigenvalue weighted by molar-refractivity contribution is 0.0263. The van der Waals surface area contributed by atoms with Crippen LogP contribution in [0.1, 0.15) is 30.9 Å². The summed E-state index contributed by atoms with van der Waals surface area (Å²) in [6, 6.07) is 3.26. The minimum absolute atomic E-state index is 0.112. The van der Waals surface area contributed by atoms with Crippen molar-refractivity contribution in [3.8, 4) is 5.75 Å². The largest absolute Gasteiger partial charge is 0.491 e. The van der Waals surface area contributed by atoms with E-state index in [2.05, 4.69) is 6.92 Å². The second-order valence-electron chi connectivity index (χ2n) is 5.28. The quantitative estimate of drug-likeness (QED) is 0.800. The summed E-state index contributed by atoms with van der Waals surface area (Å²) in [6.07, 6.45) is 2.44. The first-order valence-electron chi connectivity index (χ1n) is 6.61. The molecular formula is C14H19ClO4S. The topological polar surface area (TPSA) is 52.6 Å². The van der Waals surface area contributed by atoms with Crippen molar-refractivity contribution < 1.29 is 17.9 Å². The molecule has 0 radical (unpaired) electrons. The van der Waals surface area contributed by atoms with Gasteiger partial charge in [0.15, 0.2) is 0 Å². The summed E-state index contributed by atoms with van der Waals surface area (Å²) < 4.78 is 34.3. The summed E-state index contributed by atoms with van der Waals surface area (Å²) in [7, 11) is 1.68. The number of aryl methyl sites for hydroxylation is 2. The highest BCUT2D eigenvalue weighted by Gasteiger charge is 2.23. The third kappa shape index (κ3) is 3.65. The molecule has 1 aliphatic rings. The highest BCUT2D eigenvalue weighted by Crippen LogP contribution is 2.28. The van der Waals surface area contributed by atoms with E-state index < -0.39 is 9.05 Å². The van der Waals surface area contributed by atoms with Crippen molar-refractivity contribution in [2.24, 2.45) is 0 Å². The van der Waals surface area contributed by atoms with Gasteiger partial charge in [-0.15, -0.1) is 0 Å². The Morgan fingerprint density at radius 1 is 1.30 bits per heavy atom. The Labute approximate surface area is 124 Å². The lowest BCUT2D eigenvalue weighted by Crippen LogP contribution is -2.18. The lowest BCUT2D eigenvalue weighted by Gasteiger charge is -2.15. The van der Waals surface area contributed by atoms with Crippen molar-refractivity contribution in [3.63, 3.8) is 0 Å². The molecule has 2 unspecified atom stereocenters. The maximum atomic E-state index is 11.4. The van der Waals surface area contributed by atoms with Gasteiger partial charge in [-0.2, -0.15) is 0 Å². The van der Waals surface area contributed by atoms with Crippen LogP contribution in [-0.2, 0) is 13.8 Å². The molecule has 1 aromatic carbocycles. The molecule has 2 rings (SSSR count). The number of rotatable bonds is 4. The van der Waals surface area contributed by atoms with Gasteiger partial charge in [0.05, 0.1) is 17.1 Å². The van der Waals surface area contributed by atoms with Crippen LogP contribution in [0.15, 0.2) is 17.0 Å². The normalized spacial score (nSPS) is 23.0. The number of halogens is 1. The van der Waals surface area contributed by atoms with E-state index in [-0.39, 0.29) is 17.1 Å². The van der Waals surface area contributed by atoms with Crippen molar-refractivity contribution in [2.75, 3.05) is 6.61 Å². The van der Waals surface area contributed by atoms with Gasteiger partial charge in [-0.1, -0.05) is 0 Å². The van der Waals surface area contributed by atoms with E-state index in [1.54, 1.807) is 26.0 Å². The Balaban J connectivity index is 2.11. The predicted octanol–water partition coefficient (Wildman–Crippen LogP) is 3.18. The summed E-state index contributed by atoms with van der Waals surface area (Å²) in [5.74, 6) is 0.676. The molecule has 1 heterocycles. The molecule has 20 heavy (non-hydrogen) atoms. The number of hydrogen-bond acceptors (Lipinski definition) is 4. The molecule has 1 fully saturated rings. The predicted molar refractivity (Wildman–Crippen MR) is 78.0 cm³/mol. The van der Waals surface area contributed by atoms with Crippen LogP contribution in [0.3, 0.4) is 0 Å². The fraction of sp³-hybridized carbons (Fsp3) is 0.571. The number of benzene rings is 1. The second kappa shape index (κ2) is 5.92. The van der Waals surface area contributed by atoms with Gasteiger partial charge in [0.1, 0.15) is 12.4 Å². The van der Waals surface area contributed by atoms with Crippen LogP contribution < -0.4 is 4.74 Å². The van der Waals surface area contributed by atoms with Crippen LogP contribution in [0.25, 0.3) is 0 Å². The first-order valence-corrected chi connectivity index (χ1v) is 8.92. The number of ether oxygens (including phenoxy) is 2. The maximum absolute atomic E-state index is 11.4. The third-order valence-corrected chi connectivity index (χ3v) is 4.94. The Morgan fingerprint density at radius 2 is 2.00 bits per heavy atom. The molecule has 0 bridgehead atoms. The first-order chi connectivity index (χ1) is 9.27. The minimum atomic E-state index is -3.72. The summed E-state index contributed by atoms with van der Waals surface area (Å²) in [5, 5.41) is 0. The van der Waals surface area contributed by atoms with Crippen LogP contribution >= 0.6 is 10.7 Å². The van der Waals surface area contributed by atoms with Gasteiger partial charge < -0.3 is 9.47 Å². The monoisotopic (exact) mass is 318 g/mol. The summed E-state index contributed by atoms with van der Waals surface area (Å²) in [6.45, 7) is 6.04. The molecule has 112 valence electrons. The van der Waals surface area contributed by atoms with Crippen LogP contribution in [0.4, 0.5) is 0 Å². The van der Waals surface area contributed by atoms with Gasteiger partial charge in [0, 0.05) is 10.7 Å². The van der Waals surface area contributed by atoms with E-state index in [0.717, 1.165) is 18.4 Å². The van der Waals surface area contributed by atoms with E-state index in [1.165, 1.54) is 0 Å². The molecular weight excluding hydrogens is 300 g/mol. The fourth-order valence-corrected chi connectivity index (χ4v) is 3.63. The SMILES string of the molecule is Cc1cc(S(=O)(=O)Cl)c(C)cc1OCC1CCC(C)O1. The minimum Gasteiger partial charge on any atom is -0.491 e. The Kier molecular flexibility index (Phi) is 4.62. The van der Waals surface area contributed by atoms with Crippen molar-refractivity contribution in [1.82, 2.24) is 0 Å². The van der Waals surface area contributed by atoms with Gasteiger partial charge in [0.25, 0.3) is 9.05 Å². The van der Waals surface area contributed by atoms with Crippen LogP contribution in [-0.4, -0.2) is 27.2 Å². The Bertz CT molecular complexity index is 597. The van der Waals surface area contributed by atoms with Crippen molar-refractivity contribution in [2.45, 2.75) is 50.7 Å². The average Bonchev–Trinajstić information content (AvgIpc) is 2.74. The number of hydrogen-bond donors (Lipinski definition) is 0. The smallest absolute Gasteiger partial charge is 0.261 e. The van der Waals surface area contributed by atoms with Gasteiger partial charge >= 0.3 is 0 Å². The third-order valence-electron chi connectivity index (χ3n) is 3.48. The molecule has 0 amide bonds. The average molecular weight is 319 g/mol. The highest BCUT2D eigenvalue weighted by atomic mass is 35.7. The molecule has 6 heteroatoms. The molecule has 0 N–H and O–H groups in total. The van der Waals surface area contributed by atoms with Gasteiger partial charge in [-0.05, 0) is 56.9 Å². The van der Waals surface area contributed by atoms with E-state index in [1.807, 2.05) is 0 Å². The van der Waals surface area contributed by atoms with E-state index in [9.17, 15) is 8.42 Å². The molecule has 1 saturated heterocycles. The zero-order valence-electron chi connectivity index (χ0n) is 11.8. The molecule has 1 aromatic rings. The van der Waals surface area contributed by atoms with Crippen molar-refractivity contribution >= 4 is 19.7 Å². The zero-order chi connectivity index (χ0) is 14.9. The first kappa shape index (κ1) is 15.6. The van der Waals surface area contributed by atoms with Gasteiger partial charge in [-0.3, -0.25) is 0 Å². The Morgan fingerprint density at radius 3 is 2.55 bits per heavy atom. The fourth-order valence-electron chi connectivity index (χ4n) is 2.37. The van der Waals surface area contributed by atoms with Gasteiger partial charge in [-0.25, -0.2) is 8.42 Å². The standard InChI is InChI=1S/C14H19ClO4S/c1-9-7-14(20(15,16)17)10(2)6-13(9)18-8-12-5-4-11(3)19-12/h6-7,11-12H,4-5,8H2,1-3H3. The summed E-state index contributed by atoms with van der Waals surface area (Å²) in [5.41, 5.74) is 1.34. The van der Waals surface area contributed by atoms with Crippen LogP contribution in [0.5, 0.6) is 5.75 Å². The summed E-state index contributed by atoms with van der Waals surface area (Å²) >= 11 is 0. The van der Waals surface area contributed by atoms with Crippen molar-refractivity contribution in [1.29, 1.82) is 0 Å². The van der Waals surface area contributed by atoms with Gasteiger partial charge in [0.2, 0.25) is 0 Å². The molecule has 1 aliphatic heterocycles. The molecule has 0 saturated carbocycles. The maximum Gasteiger partial charge on any atom is 0.261 e.